The first kappa shape index (κ1) is 41.9. The normalized spacial score (nSPS) is 24.4. The van der Waals surface area contributed by atoms with Crippen LogP contribution in [0.1, 0.15) is 70.9 Å². The van der Waals surface area contributed by atoms with Crippen LogP contribution in [0, 0.1) is 0 Å². The van der Waals surface area contributed by atoms with Gasteiger partial charge < -0.3 is 9.11 Å². The predicted molar refractivity (Wildman–Crippen MR) is 220 cm³/mol. The summed E-state index contributed by atoms with van der Waals surface area (Å²) in [5.74, 6) is -0.440. The molecule has 0 radical (unpaired) electrons. The molecule has 8 nitrogen and oxygen atoms in total. The first-order chi connectivity index (χ1) is 26.0. The molecule has 4 aromatic rings. The second-order valence-corrected chi connectivity index (χ2v) is 19.8. The van der Waals surface area contributed by atoms with Gasteiger partial charge in [-0.05, 0) is 97.9 Å². The molecule has 4 aliphatic rings. The van der Waals surface area contributed by atoms with Crippen LogP contribution in [0.2, 0.25) is 0 Å². The van der Waals surface area contributed by atoms with Crippen molar-refractivity contribution in [3.8, 4) is 0 Å². The molecule has 286 valence electrons. The van der Waals surface area contributed by atoms with E-state index in [1.54, 1.807) is 0 Å². The molecule has 1 aliphatic carbocycles. The molecule has 1 saturated heterocycles. The molecule has 3 aliphatic heterocycles. The Morgan fingerprint density at radius 3 is 2.09 bits per heavy atom. The van der Waals surface area contributed by atoms with Crippen LogP contribution in [0.15, 0.2) is 119 Å². The Balaban J connectivity index is 0.00000480. The fourth-order valence-electron chi connectivity index (χ4n) is 10.00. The van der Waals surface area contributed by atoms with Crippen molar-refractivity contribution in [2.24, 2.45) is 0 Å². The van der Waals surface area contributed by atoms with Gasteiger partial charge >= 0.3 is 51.4 Å². The van der Waals surface area contributed by atoms with E-state index < -0.39 is 42.2 Å². The Kier molecular flexibility index (Phi) is 11.3. The summed E-state index contributed by atoms with van der Waals surface area (Å²) in [6.07, 6.45) is 11.1. The molecule has 8 rings (SSSR count). The van der Waals surface area contributed by atoms with Gasteiger partial charge in [-0.2, -0.15) is 4.58 Å². The van der Waals surface area contributed by atoms with E-state index in [0.29, 0.717) is 24.5 Å². The second kappa shape index (κ2) is 15.1. The third-order valence-electron chi connectivity index (χ3n) is 12.5. The number of hydrogen-bond donors (Lipinski definition) is 0. The average molecular weight is 837 g/mol. The van der Waals surface area contributed by atoms with Gasteiger partial charge in [0.2, 0.25) is 5.69 Å². The van der Waals surface area contributed by atoms with Crippen LogP contribution in [0.25, 0.3) is 21.5 Å². The van der Waals surface area contributed by atoms with Crippen molar-refractivity contribution in [3.63, 3.8) is 0 Å². The molecule has 4 aromatic carbocycles. The van der Waals surface area contributed by atoms with E-state index in [4.69, 9.17) is 11.6 Å². The summed E-state index contributed by atoms with van der Waals surface area (Å²) in [6.45, 7) is 9.48. The number of nitrogens with zero attached hydrogens (tertiary/aromatic N) is 2. The van der Waals surface area contributed by atoms with Gasteiger partial charge in [-0.15, -0.1) is 0 Å². The van der Waals surface area contributed by atoms with E-state index in [-0.39, 0.29) is 62.3 Å². The minimum atomic E-state index is -4.61. The van der Waals surface area contributed by atoms with Gasteiger partial charge in [0, 0.05) is 46.5 Å². The van der Waals surface area contributed by atoms with Crippen LogP contribution < -0.4 is 55.9 Å². The Hall–Kier alpha value is -2.26. The van der Waals surface area contributed by atoms with E-state index in [1.807, 2.05) is 48.6 Å². The SMILES string of the molecule is CC1(C)C(/C=C/C2=C(Cl)C(=C/C=C3\C(C)(C)c4c(ccc5ccccc45)[N+]34CCC4S(=O)(=O)[O-])/CCC2)=[N+](CCCS(=O)(=O)[O-])c2ccc3ccccc3c21.[K+]. The second-order valence-electron chi connectivity index (χ2n) is 16.4. The average Bonchev–Trinajstić information content (AvgIpc) is 3.46. The minimum Gasteiger partial charge on any atom is -0.748 e. The molecule has 3 heterocycles. The Morgan fingerprint density at radius 2 is 1.46 bits per heavy atom. The maximum Gasteiger partial charge on any atom is 1.00 e. The first-order valence-corrected chi connectivity index (χ1v) is 22.3. The maximum absolute atomic E-state index is 12.8. The summed E-state index contributed by atoms with van der Waals surface area (Å²) >= 11 is 7.24. The molecule has 0 bridgehead atoms. The summed E-state index contributed by atoms with van der Waals surface area (Å²) < 4.78 is 75.2. The topological polar surface area (TPSA) is 117 Å². The van der Waals surface area contributed by atoms with Crippen molar-refractivity contribution in [1.29, 1.82) is 0 Å². The van der Waals surface area contributed by atoms with Crippen LogP contribution in [0.3, 0.4) is 0 Å². The molecule has 56 heavy (non-hydrogen) atoms. The van der Waals surface area contributed by atoms with Gasteiger partial charge in [0.15, 0.2) is 21.2 Å². The molecule has 0 saturated carbocycles. The Morgan fingerprint density at radius 1 is 0.821 bits per heavy atom. The van der Waals surface area contributed by atoms with E-state index in [9.17, 15) is 25.9 Å². The largest absolute Gasteiger partial charge is 1.00 e. The van der Waals surface area contributed by atoms with Gasteiger partial charge in [0.1, 0.15) is 17.9 Å². The van der Waals surface area contributed by atoms with Crippen molar-refractivity contribution in [3.05, 3.63) is 130 Å². The summed E-state index contributed by atoms with van der Waals surface area (Å²) in [6, 6.07) is 24.5. The predicted octanol–water partition coefficient (Wildman–Crippen LogP) is 5.93. The zero-order valence-electron chi connectivity index (χ0n) is 32.5. The van der Waals surface area contributed by atoms with E-state index in [0.717, 1.165) is 85.9 Å². The van der Waals surface area contributed by atoms with Crippen LogP contribution in [0.5, 0.6) is 0 Å². The van der Waals surface area contributed by atoms with Gasteiger partial charge in [-0.3, -0.25) is 0 Å². The minimum absolute atomic E-state index is 0. The monoisotopic (exact) mass is 835 g/mol. The number of benzene rings is 4. The fourth-order valence-corrected chi connectivity index (χ4v) is 12.0. The van der Waals surface area contributed by atoms with Crippen molar-refractivity contribution < 1.29 is 81.9 Å². The molecule has 0 N–H and O–H groups in total. The maximum atomic E-state index is 12.8. The molecule has 12 heteroatoms. The van der Waals surface area contributed by atoms with Crippen LogP contribution >= 0.6 is 11.6 Å². The molecule has 1 spiro atoms. The van der Waals surface area contributed by atoms with Crippen molar-refractivity contribution in [2.75, 3.05) is 18.8 Å². The van der Waals surface area contributed by atoms with Crippen molar-refractivity contribution >= 4 is 70.5 Å². The molecule has 2 atom stereocenters. The number of quaternary nitrogens is 1. The smallest absolute Gasteiger partial charge is 0.748 e. The van der Waals surface area contributed by atoms with Crippen LogP contribution in [-0.2, 0) is 31.1 Å². The molecule has 0 aromatic heterocycles. The zero-order valence-corrected chi connectivity index (χ0v) is 38.0. The summed E-state index contributed by atoms with van der Waals surface area (Å²) in [5, 5.41) is 3.91. The molecular formula is C44H45ClKN2O6S2+. The number of halogens is 1. The summed E-state index contributed by atoms with van der Waals surface area (Å²) in [7, 11) is -8.97. The van der Waals surface area contributed by atoms with E-state index in [2.05, 4.69) is 80.8 Å². The fraction of sp³-hybridized carbons (Fsp3) is 0.341. The molecule has 2 unspecified atom stereocenters. The number of hydrogen-bond acceptors (Lipinski definition) is 6. The first-order valence-electron chi connectivity index (χ1n) is 18.9. The Labute approximate surface area is 377 Å². The van der Waals surface area contributed by atoms with Gasteiger partial charge in [0.25, 0.3) is 0 Å². The number of fused-ring (bicyclic) bond motifs is 7. The van der Waals surface area contributed by atoms with E-state index in [1.165, 1.54) is 0 Å². The summed E-state index contributed by atoms with van der Waals surface area (Å²) in [4.78, 5) is 0. The molecular weight excluding hydrogens is 791 g/mol. The third kappa shape index (κ3) is 6.92. The molecule has 0 amide bonds. The van der Waals surface area contributed by atoms with Crippen LogP contribution in [-0.4, -0.2) is 60.4 Å². The zero-order chi connectivity index (χ0) is 39.1. The third-order valence-corrected chi connectivity index (χ3v) is 15.0. The number of rotatable bonds is 8. The van der Waals surface area contributed by atoms with Crippen molar-refractivity contribution in [2.45, 2.75) is 76.0 Å². The van der Waals surface area contributed by atoms with Gasteiger partial charge in [-0.1, -0.05) is 72.3 Å². The van der Waals surface area contributed by atoms with Crippen molar-refractivity contribution in [1.82, 2.24) is 4.48 Å². The van der Waals surface area contributed by atoms with Crippen LogP contribution in [0.4, 0.5) is 11.4 Å². The number of allylic oxidation sites excluding steroid dienone is 8. The summed E-state index contributed by atoms with van der Waals surface area (Å²) in [5.41, 5.74) is 6.85. The molecule has 1 fully saturated rings. The van der Waals surface area contributed by atoms with Gasteiger partial charge in [0.05, 0.1) is 33.9 Å². The van der Waals surface area contributed by atoms with Gasteiger partial charge in [-0.25, -0.2) is 21.3 Å². The van der Waals surface area contributed by atoms with E-state index >= 15 is 0 Å². The quantitative estimate of drug-likeness (QED) is 0.0942. The standard InChI is InChI=1S/C44H45ClN2O6S2.K/c1-43(2)37(46(26-10-28-54(48,49)50)35-21-17-29-11-5-7-15-33(29)40(35)43)23-19-31-13-9-14-32(42(31)45)20-24-38-44(3,4)41-34-16-8-6-12-30(34)18-22-36(41)47(38)27-25-39(47)55(51,52)53;/h5-8,11-12,15-24,39H,9-10,13-14,25-28H2,1-4H3;/q;+1/b23-19+,32-20+,38-24+;. The Bertz CT molecular complexity index is 2700.